The maximum Gasteiger partial charge on any atom is 0.263 e. The number of carbonyl (C=O) groups is 1. The molecule has 5 rings (SSSR count). The Morgan fingerprint density at radius 2 is 1.78 bits per heavy atom. The monoisotopic (exact) mass is 717 g/mol. The Balaban J connectivity index is 0.00000174. The van der Waals surface area contributed by atoms with E-state index in [1.54, 1.807) is 6.07 Å². The molecule has 3 aliphatic rings. The molecular weight excluding hydrogens is 658 g/mol. The van der Waals surface area contributed by atoms with Crippen LogP contribution in [0.4, 0.5) is 5.69 Å². The molecule has 1 saturated carbocycles. The number of anilines is 1. The summed E-state index contributed by atoms with van der Waals surface area (Å²) >= 11 is 6.47. The van der Waals surface area contributed by atoms with E-state index in [2.05, 4.69) is 54.8 Å². The van der Waals surface area contributed by atoms with Gasteiger partial charge < -0.3 is 24.4 Å². The van der Waals surface area contributed by atoms with E-state index in [-0.39, 0.29) is 24.0 Å². The van der Waals surface area contributed by atoms with Crippen molar-refractivity contribution in [1.29, 1.82) is 0 Å². The maximum absolute atomic E-state index is 13.4. The first-order valence-electron chi connectivity index (χ1n) is 18.5. The molecule has 1 aliphatic carbocycles. The van der Waals surface area contributed by atoms with E-state index in [0.29, 0.717) is 35.7 Å². The molecule has 2 N–H and O–H groups in total. The number of hydrogen-bond donors (Lipinski definition) is 2. The number of fused-ring (bicyclic) bond motifs is 1. The topological polar surface area (TPSA) is 89.1 Å². The Labute approximate surface area is 303 Å². The van der Waals surface area contributed by atoms with Crippen LogP contribution >= 0.6 is 11.6 Å². The largest absolute Gasteiger partial charge is 0.491 e. The fourth-order valence-corrected chi connectivity index (χ4v) is 8.36. The SMILES string of the molecule is CCCCc1cc(Cl)ccc1C1COc2ccc(C(=O)NS(=O)CC(C)[C@@H](C)CC)cc2N(CC2CCC2CC2OCCCO2)C1.CNC. The molecule has 274 valence electrons. The van der Waals surface area contributed by atoms with Crippen LogP contribution in [-0.2, 0) is 26.9 Å². The van der Waals surface area contributed by atoms with E-state index in [1.807, 2.05) is 32.3 Å². The Morgan fingerprint density at radius 1 is 1.04 bits per heavy atom. The summed E-state index contributed by atoms with van der Waals surface area (Å²) in [6.07, 6.45) is 8.34. The fraction of sp³-hybridized carbons (Fsp3) is 0.667. The van der Waals surface area contributed by atoms with Gasteiger partial charge in [0.15, 0.2) is 6.29 Å². The van der Waals surface area contributed by atoms with E-state index in [1.165, 1.54) is 17.5 Å². The van der Waals surface area contributed by atoms with Gasteiger partial charge in [0.1, 0.15) is 16.7 Å². The number of aryl methyl sites for hydroxylation is 1. The van der Waals surface area contributed by atoms with Crippen LogP contribution in [0.1, 0.15) is 100 Å². The Hall–Kier alpha value is -2.17. The van der Waals surface area contributed by atoms with Crippen LogP contribution in [0.15, 0.2) is 36.4 Å². The second-order valence-corrected chi connectivity index (χ2v) is 15.9. The van der Waals surface area contributed by atoms with Crippen molar-refractivity contribution in [2.24, 2.45) is 23.7 Å². The van der Waals surface area contributed by atoms with Crippen LogP contribution in [0.25, 0.3) is 0 Å². The number of ether oxygens (including phenoxy) is 3. The van der Waals surface area contributed by atoms with Crippen molar-refractivity contribution in [2.45, 2.75) is 91.3 Å². The summed E-state index contributed by atoms with van der Waals surface area (Å²) in [7, 11) is 2.31. The number of carbonyl (C=O) groups excluding carboxylic acids is 1. The van der Waals surface area contributed by atoms with Crippen molar-refractivity contribution in [1.82, 2.24) is 10.0 Å². The van der Waals surface area contributed by atoms with Crippen LogP contribution in [0.3, 0.4) is 0 Å². The highest BCUT2D eigenvalue weighted by atomic mass is 35.5. The molecule has 10 heteroatoms. The predicted octanol–water partition coefficient (Wildman–Crippen LogP) is 7.76. The van der Waals surface area contributed by atoms with Gasteiger partial charge in [-0.15, -0.1) is 0 Å². The van der Waals surface area contributed by atoms with Crippen LogP contribution < -0.4 is 19.7 Å². The molecule has 2 heterocycles. The zero-order chi connectivity index (χ0) is 35.3. The third-order valence-corrected chi connectivity index (χ3v) is 11.9. The lowest BCUT2D eigenvalue weighted by atomic mass is 9.71. The number of halogens is 1. The van der Waals surface area contributed by atoms with Crippen LogP contribution in [0, 0.1) is 23.7 Å². The summed E-state index contributed by atoms with van der Waals surface area (Å²) in [4.78, 5) is 15.8. The van der Waals surface area contributed by atoms with Gasteiger partial charge in [-0.3, -0.25) is 9.52 Å². The van der Waals surface area contributed by atoms with Gasteiger partial charge in [0.05, 0.1) is 25.5 Å². The smallest absolute Gasteiger partial charge is 0.263 e. The highest BCUT2D eigenvalue weighted by Gasteiger charge is 2.37. The third-order valence-electron chi connectivity index (χ3n) is 10.4. The third kappa shape index (κ3) is 11.4. The number of rotatable bonds is 14. The number of amides is 1. The molecule has 1 saturated heterocycles. The molecule has 2 aromatic carbocycles. The van der Waals surface area contributed by atoms with Gasteiger partial charge >= 0.3 is 0 Å². The van der Waals surface area contributed by atoms with Crippen molar-refractivity contribution in [3.05, 3.63) is 58.1 Å². The van der Waals surface area contributed by atoms with E-state index >= 15 is 0 Å². The molecule has 8 nitrogen and oxygen atoms in total. The maximum atomic E-state index is 13.4. The van der Waals surface area contributed by atoms with E-state index in [4.69, 9.17) is 25.8 Å². The highest BCUT2D eigenvalue weighted by Crippen LogP contribution is 2.43. The first-order valence-corrected chi connectivity index (χ1v) is 20.2. The first-order chi connectivity index (χ1) is 23.7. The lowest BCUT2D eigenvalue weighted by molar-refractivity contribution is -0.192. The zero-order valence-corrected chi connectivity index (χ0v) is 32.2. The van der Waals surface area contributed by atoms with Crippen LogP contribution in [-0.4, -0.2) is 69.2 Å². The Bertz CT molecular complexity index is 1360. The minimum Gasteiger partial charge on any atom is -0.491 e. The number of nitrogens with one attached hydrogen (secondary N) is 2. The van der Waals surface area contributed by atoms with Gasteiger partial charge in [-0.1, -0.05) is 58.2 Å². The summed E-state index contributed by atoms with van der Waals surface area (Å²) in [5.41, 5.74) is 4.00. The molecule has 0 spiro atoms. The second-order valence-electron chi connectivity index (χ2n) is 14.2. The second kappa shape index (κ2) is 20.0. The van der Waals surface area contributed by atoms with Gasteiger partial charge in [0.25, 0.3) is 5.91 Å². The first kappa shape index (κ1) is 39.6. The molecular formula is C39H60ClN3O5S. The lowest BCUT2D eigenvalue weighted by Gasteiger charge is -2.42. The Morgan fingerprint density at radius 3 is 2.45 bits per heavy atom. The molecule has 0 bridgehead atoms. The summed E-state index contributed by atoms with van der Waals surface area (Å²) in [6.45, 7) is 12.3. The number of hydrogen-bond acceptors (Lipinski definition) is 7. The van der Waals surface area contributed by atoms with Gasteiger partial charge in [-0.25, -0.2) is 4.21 Å². The van der Waals surface area contributed by atoms with Gasteiger partial charge in [0.2, 0.25) is 0 Å². The molecule has 5 unspecified atom stereocenters. The van der Waals surface area contributed by atoms with E-state index in [9.17, 15) is 9.00 Å². The summed E-state index contributed by atoms with van der Waals surface area (Å²) in [5.74, 6) is 2.79. The molecule has 2 aliphatic heterocycles. The van der Waals surface area contributed by atoms with Crippen LogP contribution in [0.5, 0.6) is 5.75 Å². The lowest BCUT2D eigenvalue weighted by Crippen LogP contribution is -2.42. The summed E-state index contributed by atoms with van der Waals surface area (Å²) in [5, 5.41) is 3.51. The van der Waals surface area contributed by atoms with Gasteiger partial charge in [0, 0.05) is 41.8 Å². The number of unbranched alkanes of at least 4 members (excludes halogenated alkanes) is 1. The highest BCUT2D eigenvalue weighted by molar-refractivity contribution is 7.83. The molecule has 0 radical (unpaired) electrons. The zero-order valence-electron chi connectivity index (χ0n) is 30.6. The van der Waals surface area contributed by atoms with Crippen LogP contribution in [0.2, 0.25) is 5.02 Å². The fourth-order valence-electron chi connectivity index (χ4n) is 6.95. The predicted molar refractivity (Wildman–Crippen MR) is 202 cm³/mol. The van der Waals surface area contributed by atoms with Gasteiger partial charge in [-0.2, -0.15) is 0 Å². The van der Waals surface area contributed by atoms with Gasteiger partial charge in [-0.05, 0) is 111 Å². The van der Waals surface area contributed by atoms with Crippen molar-refractivity contribution in [3.63, 3.8) is 0 Å². The molecule has 0 aromatic heterocycles. The number of nitrogens with zero attached hydrogens (tertiary/aromatic N) is 1. The standard InChI is InChI=1S/C37H53ClN2O5S.C2H7N/c1-5-7-9-28-18-32(38)13-14-33(28)31-22-40(21-30-11-10-27(30)20-36-43-16-8-17-44-36)34-19-29(12-15-35(34)45-23-31)37(41)39-46(42)24-26(4)25(3)6-2;1-3-2/h12-15,18-19,25-27,30-31,36H,5-11,16-17,20-24H2,1-4H3,(H,39,41);3H,1-2H3/t25-,26?,27?,30?,31?,46?;/m0./s1. The van der Waals surface area contributed by atoms with Crippen molar-refractivity contribution in [3.8, 4) is 5.75 Å². The molecule has 6 atom stereocenters. The minimum atomic E-state index is -1.44. The quantitative estimate of drug-likeness (QED) is 0.207. The average molecular weight is 718 g/mol. The van der Waals surface area contributed by atoms with E-state index < -0.39 is 11.0 Å². The normalized spacial score (nSPS) is 22.7. The average Bonchev–Trinajstić information content (AvgIpc) is 3.27. The molecule has 1 amide bonds. The summed E-state index contributed by atoms with van der Waals surface area (Å²) < 4.78 is 34.0. The van der Waals surface area contributed by atoms with Crippen molar-refractivity contribution in [2.75, 3.05) is 57.7 Å². The van der Waals surface area contributed by atoms with E-state index in [0.717, 1.165) is 87.7 Å². The molecule has 2 fully saturated rings. The molecule has 2 aromatic rings. The minimum absolute atomic E-state index is 0.108. The van der Waals surface area contributed by atoms with Crippen molar-refractivity contribution < 1.29 is 23.2 Å². The van der Waals surface area contributed by atoms with Crippen molar-refractivity contribution >= 4 is 34.2 Å². The Kier molecular flexibility index (Phi) is 16.2. The number of benzene rings is 2. The summed E-state index contributed by atoms with van der Waals surface area (Å²) in [6, 6.07) is 11.9. The molecule has 49 heavy (non-hydrogen) atoms.